The molecule has 17 N–H and O–H groups in total. The average molecular weight is 988 g/mol. The van der Waals surface area contributed by atoms with Crippen LogP contribution in [-0.2, 0) is 65.6 Å². The summed E-state index contributed by atoms with van der Waals surface area (Å²) < 4.78 is 0. The van der Waals surface area contributed by atoms with E-state index in [2.05, 4.69) is 57.8 Å². The molecule has 70 heavy (non-hydrogen) atoms. The molecule has 27 nitrogen and oxygen atoms in total. The molecule has 1 aromatic carbocycles. The first kappa shape index (κ1) is 58.6. The fourth-order valence-electron chi connectivity index (χ4n) is 6.44. The van der Waals surface area contributed by atoms with Gasteiger partial charge in [0.15, 0.2) is 0 Å². The van der Waals surface area contributed by atoms with Crippen LogP contribution in [0.4, 0.5) is 0 Å². The van der Waals surface area contributed by atoms with Crippen LogP contribution in [0.3, 0.4) is 0 Å². The lowest BCUT2D eigenvalue weighted by atomic mass is 10.0. The molecule has 0 aliphatic rings. The number of unbranched alkanes of at least 4 members (excludes halogenated alkanes) is 1. The number of benzene rings is 1. The average Bonchev–Trinajstić information content (AvgIpc) is 3.83. The van der Waals surface area contributed by atoms with Crippen molar-refractivity contribution >= 4 is 65.1 Å². The number of aliphatic hydroxyl groups is 1. The molecule has 9 amide bonds. The summed E-state index contributed by atoms with van der Waals surface area (Å²) in [6.07, 6.45) is 2.28. The number of hydrogen-bond donors (Lipinski definition) is 15. The minimum atomic E-state index is -1.80. The Morgan fingerprint density at radius 3 is 1.76 bits per heavy atom. The van der Waals surface area contributed by atoms with Crippen molar-refractivity contribution in [3.05, 3.63) is 54.1 Å². The van der Waals surface area contributed by atoms with Gasteiger partial charge < -0.3 is 79.6 Å². The number of amides is 9. The molecule has 1 heterocycles. The maximum atomic E-state index is 13.7. The first-order valence-electron chi connectivity index (χ1n) is 22.3. The van der Waals surface area contributed by atoms with Crippen LogP contribution in [-0.4, -0.2) is 165 Å². The molecule has 27 heteroatoms. The summed E-state index contributed by atoms with van der Waals surface area (Å²) in [6.45, 7) is 2.28. The maximum Gasteiger partial charge on any atom is 0.326 e. The van der Waals surface area contributed by atoms with Crippen molar-refractivity contribution in [1.82, 2.24) is 57.8 Å². The summed E-state index contributed by atoms with van der Waals surface area (Å²) in [7, 11) is 0. The molecule has 0 aliphatic carbocycles. The molecule has 0 spiro atoms. The largest absolute Gasteiger partial charge is 0.481 e. The summed E-state index contributed by atoms with van der Waals surface area (Å²) in [6, 6.07) is -1.90. The van der Waals surface area contributed by atoms with Crippen LogP contribution < -0.4 is 59.3 Å². The molecular formula is C43H65N13O14. The highest BCUT2D eigenvalue weighted by Crippen LogP contribution is 2.09. The highest BCUT2D eigenvalue weighted by atomic mass is 16.4. The topological polar surface area (TPSA) is 437 Å². The van der Waals surface area contributed by atoms with E-state index in [0.29, 0.717) is 24.1 Å². The van der Waals surface area contributed by atoms with Gasteiger partial charge in [0.05, 0.1) is 44.7 Å². The van der Waals surface area contributed by atoms with Crippen molar-refractivity contribution in [3.8, 4) is 0 Å². The molecule has 1 aromatic heterocycles. The van der Waals surface area contributed by atoms with E-state index in [-0.39, 0.29) is 44.7 Å². The standard InChI is InChI=1S/C43H65N13O14/c1-23(2)13-28(54-41(67)29(15-26-18-46-22-49-26)51-34(59)19-47-33(58)17-45)40(66)55-30(16-36(61)62)39(65)50-24(3)37(63)53-27(11-7-8-12-44)38(64)48-20-35(60)52-32(21-57)42(68)56-31(43(69)70)14-25-9-5-4-6-10-25/h4-6,9-10,18,22-24,27-32,57H,7-8,11-17,19-21,44-45H2,1-3H3,(H,46,49)(H,47,58)(H,48,64)(H,50,65)(H,51,59)(H,52,60)(H,53,63)(H,54,67)(H,55,66)(H,56,68)(H,61,62)(H,69,70)/t24-,27-,28-,29-,30-,31-,32-/m0/s1. The van der Waals surface area contributed by atoms with E-state index in [1.54, 1.807) is 44.2 Å². The molecule has 386 valence electrons. The molecular weight excluding hydrogens is 923 g/mol. The predicted octanol–water partition coefficient (Wildman–Crippen LogP) is -5.47. The second-order valence-corrected chi connectivity index (χ2v) is 16.4. The number of aromatic nitrogens is 2. The summed E-state index contributed by atoms with van der Waals surface area (Å²) in [5, 5.41) is 50.2. The first-order chi connectivity index (χ1) is 33.2. The Morgan fingerprint density at radius 1 is 0.614 bits per heavy atom. The summed E-state index contributed by atoms with van der Waals surface area (Å²) in [5.41, 5.74) is 11.8. The van der Waals surface area contributed by atoms with Crippen LogP contribution in [0, 0.1) is 5.92 Å². The molecule has 0 saturated heterocycles. The molecule has 0 radical (unpaired) electrons. The SMILES string of the molecule is CC(C)C[C@H](NC(=O)[C@H](Cc1c[nH]cn1)NC(=O)CNC(=O)CN)C(=O)N[C@@H](CC(=O)O)C(=O)N[C@@H](C)C(=O)N[C@@H](CCCCN)C(=O)NCC(=O)N[C@@H](CO)C(=O)N[C@@H](Cc1ccccc1)C(=O)O. The number of imidazole rings is 1. The molecule has 0 aliphatic heterocycles. The fraction of sp³-hybridized carbons (Fsp3) is 0.535. The number of nitrogens with zero attached hydrogens (tertiary/aromatic N) is 1. The molecule has 2 rings (SSSR count). The second-order valence-electron chi connectivity index (χ2n) is 16.4. The Labute approximate surface area is 402 Å². The molecule has 0 fully saturated rings. The van der Waals surface area contributed by atoms with E-state index in [9.17, 15) is 68.1 Å². The number of nitrogens with one attached hydrogen (secondary N) is 10. The number of carbonyl (C=O) groups is 11. The zero-order chi connectivity index (χ0) is 52.3. The predicted molar refractivity (Wildman–Crippen MR) is 246 cm³/mol. The number of hydrogen-bond acceptors (Lipinski definition) is 15. The Morgan fingerprint density at radius 2 is 1.19 bits per heavy atom. The highest BCUT2D eigenvalue weighted by molar-refractivity contribution is 5.98. The van der Waals surface area contributed by atoms with Gasteiger partial charge in [-0.1, -0.05) is 44.2 Å². The van der Waals surface area contributed by atoms with Crippen LogP contribution in [0.5, 0.6) is 0 Å². The molecule has 7 atom stereocenters. The second kappa shape index (κ2) is 30.8. The molecule has 0 unspecified atom stereocenters. The molecule has 0 saturated carbocycles. The van der Waals surface area contributed by atoms with Crippen LogP contribution in [0.2, 0.25) is 0 Å². The lowest BCUT2D eigenvalue weighted by Crippen LogP contribution is -2.59. The van der Waals surface area contributed by atoms with Crippen LogP contribution in [0.15, 0.2) is 42.9 Å². The maximum absolute atomic E-state index is 13.7. The Hall–Kier alpha value is -7.52. The van der Waals surface area contributed by atoms with E-state index < -0.39 is 134 Å². The monoisotopic (exact) mass is 987 g/mol. The quantitative estimate of drug-likeness (QED) is 0.0304. The number of aliphatic carboxylic acids is 2. The van der Waals surface area contributed by atoms with Crippen molar-refractivity contribution < 1.29 is 68.1 Å². The smallest absolute Gasteiger partial charge is 0.326 e. The van der Waals surface area contributed by atoms with E-state index >= 15 is 0 Å². The van der Waals surface area contributed by atoms with Crippen LogP contribution in [0.1, 0.15) is 64.1 Å². The van der Waals surface area contributed by atoms with Gasteiger partial charge in [-0.2, -0.15) is 0 Å². The van der Waals surface area contributed by atoms with Gasteiger partial charge in [0.2, 0.25) is 53.2 Å². The third-order valence-electron chi connectivity index (χ3n) is 10.1. The number of aliphatic hydroxyl groups excluding tert-OH is 1. The van der Waals surface area contributed by atoms with Crippen molar-refractivity contribution in [2.45, 2.75) is 108 Å². The van der Waals surface area contributed by atoms with Gasteiger partial charge in [-0.25, -0.2) is 9.78 Å². The lowest BCUT2D eigenvalue weighted by Gasteiger charge is -2.26. The summed E-state index contributed by atoms with van der Waals surface area (Å²) in [5.74, 6) is -11.3. The van der Waals surface area contributed by atoms with E-state index in [1.165, 1.54) is 19.4 Å². The van der Waals surface area contributed by atoms with Gasteiger partial charge in [0, 0.05) is 19.0 Å². The third kappa shape index (κ3) is 22.1. The van der Waals surface area contributed by atoms with Crippen LogP contribution in [0.25, 0.3) is 0 Å². The van der Waals surface area contributed by atoms with Crippen molar-refractivity contribution in [2.75, 3.05) is 32.8 Å². The van der Waals surface area contributed by atoms with Crippen molar-refractivity contribution in [1.29, 1.82) is 0 Å². The Kier molecular flexibility index (Phi) is 25.8. The summed E-state index contributed by atoms with van der Waals surface area (Å²) in [4.78, 5) is 148. The fourth-order valence-corrected chi connectivity index (χ4v) is 6.44. The van der Waals surface area contributed by atoms with Gasteiger partial charge >= 0.3 is 11.9 Å². The number of carbonyl (C=O) groups excluding carboxylic acids is 9. The Bertz CT molecular complexity index is 2090. The van der Waals surface area contributed by atoms with E-state index in [4.69, 9.17) is 11.5 Å². The normalized spacial score (nSPS) is 13.9. The molecule has 0 bridgehead atoms. The first-order valence-corrected chi connectivity index (χ1v) is 22.3. The minimum Gasteiger partial charge on any atom is -0.481 e. The number of aromatic amines is 1. The van der Waals surface area contributed by atoms with Crippen molar-refractivity contribution in [3.63, 3.8) is 0 Å². The minimum absolute atomic E-state index is 0.00549. The highest BCUT2D eigenvalue weighted by Gasteiger charge is 2.34. The third-order valence-corrected chi connectivity index (χ3v) is 10.1. The number of nitrogens with two attached hydrogens (primary N) is 2. The Balaban J connectivity index is 2.13. The number of rotatable bonds is 32. The van der Waals surface area contributed by atoms with Gasteiger partial charge in [-0.3, -0.25) is 47.9 Å². The van der Waals surface area contributed by atoms with Gasteiger partial charge in [0.1, 0.15) is 42.3 Å². The number of carboxylic acid groups (broad SMARTS) is 2. The van der Waals surface area contributed by atoms with E-state index in [1.807, 2.05) is 0 Å². The lowest BCUT2D eigenvalue weighted by molar-refractivity contribution is -0.142. The van der Waals surface area contributed by atoms with Gasteiger partial charge in [-0.05, 0) is 50.6 Å². The van der Waals surface area contributed by atoms with E-state index in [0.717, 1.165) is 0 Å². The van der Waals surface area contributed by atoms with Crippen LogP contribution >= 0.6 is 0 Å². The van der Waals surface area contributed by atoms with Crippen molar-refractivity contribution in [2.24, 2.45) is 17.4 Å². The number of carboxylic acids is 2. The van der Waals surface area contributed by atoms with Gasteiger partial charge in [-0.15, -0.1) is 0 Å². The molecule has 2 aromatic rings. The van der Waals surface area contributed by atoms with Gasteiger partial charge in [0.25, 0.3) is 0 Å². The number of H-pyrrole nitrogens is 1. The summed E-state index contributed by atoms with van der Waals surface area (Å²) >= 11 is 0. The zero-order valence-corrected chi connectivity index (χ0v) is 39.1. The zero-order valence-electron chi connectivity index (χ0n) is 39.1.